The molecule has 2 rings (SSSR count). The Balaban J connectivity index is 2.03. The lowest BCUT2D eigenvalue weighted by atomic mass is 10.1. The maximum atomic E-state index is 5.96. The van der Waals surface area contributed by atoms with Crippen LogP contribution in [0.5, 0.6) is 0 Å². The van der Waals surface area contributed by atoms with Gasteiger partial charge < -0.3 is 4.74 Å². The van der Waals surface area contributed by atoms with E-state index in [1.807, 2.05) is 6.07 Å². The highest BCUT2D eigenvalue weighted by Gasteiger charge is 2.31. The first-order chi connectivity index (χ1) is 7.94. The van der Waals surface area contributed by atoms with Gasteiger partial charge in [-0.1, -0.05) is 11.6 Å². The number of hydrogen-bond donors (Lipinski definition) is 0. The van der Waals surface area contributed by atoms with E-state index in [1.165, 1.54) is 0 Å². The molecule has 0 saturated carbocycles. The molecule has 0 N–H and O–H groups in total. The highest BCUT2D eigenvalue weighted by atomic mass is 35.5. The van der Waals surface area contributed by atoms with E-state index in [2.05, 4.69) is 30.7 Å². The third-order valence-corrected chi connectivity index (χ3v) is 3.04. The fourth-order valence-electron chi connectivity index (χ4n) is 2.47. The first-order valence-corrected chi connectivity index (χ1v) is 6.33. The van der Waals surface area contributed by atoms with Crippen LogP contribution in [-0.4, -0.2) is 34.7 Å². The molecule has 0 aromatic carbocycles. The van der Waals surface area contributed by atoms with Crippen molar-refractivity contribution in [1.82, 2.24) is 9.88 Å². The molecule has 0 amide bonds. The zero-order valence-corrected chi connectivity index (χ0v) is 11.4. The number of pyridine rings is 1. The van der Waals surface area contributed by atoms with Crippen LogP contribution in [0.2, 0.25) is 5.02 Å². The van der Waals surface area contributed by atoms with Crippen LogP contribution in [0.25, 0.3) is 0 Å². The first kappa shape index (κ1) is 12.8. The standard InChI is InChI=1S/C13H19ClN2O/c1-10-7-16(9-13(2,3)17-10)8-12-6-11(14)4-5-15-12/h4-6,10H,7-9H2,1-3H3. The summed E-state index contributed by atoms with van der Waals surface area (Å²) in [5.41, 5.74) is 0.929. The molecule has 94 valence electrons. The molecule has 0 spiro atoms. The van der Waals surface area contributed by atoms with E-state index in [-0.39, 0.29) is 11.7 Å². The van der Waals surface area contributed by atoms with E-state index in [9.17, 15) is 0 Å². The van der Waals surface area contributed by atoms with Crippen molar-refractivity contribution in [2.75, 3.05) is 13.1 Å². The van der Waals surface area contributed by atoms with Crippen LogP contribution < -0.4 is 0 Å². The Bertz CT molecular complexity index is 395. The van der Waals surface area contributed by atoms with Gasteiger partial charge in [0.25, 0.3) is 0 Å². The zero-order valence-electron chi connectivity index (χ0n) is 10.6. The van der Waals surface area contributed by atoms with E-state index in [4.69, 9.17) is 16.3 Å². The van der Waals surface area contributed by atoms with Gasteiger partial charge in [0.1, 0.15) is 0 Å². The van der Waals surface area contributed by atoms with Gasteiger partial charge in [-0.2, -0.15) is 0 Å². The minimum Gasteiger partial charge on any atom is -0.370 e. The van der Waals surface area contributed by atoms with Crippen LogP contribution in [0.15, 0.2) is 18.3 Å². The predicted molar refractivity (Wildman–Crippen MR) is 69.2 cm³/mol. The molecule has 1 atom stereocenters. The summed E-state index contributed by atoms with van der Waals surface area (Å²) in [5.74, 6) is 0. The van der Waals surface area contributed by atoms with E-state index in [0.717, 1.165) is 30.4 Å². The van der Waals surface area contributed by atoms with Gasteiger partial charge >= 0.3 is 0 Å². The summed E-state index contributed by atoms with van der Waals surface area (Å²) in [7, 11) is 0. The Morgan fingerprint density at radius 2 is 2.35 bits per heavy atom. The Hall–Kier alpha value is -0.640. The van der Waals surface area contributed by atoms with E-state index < -0.39 is 0 Å². The smallest absolute Gasteiger partial charge is 0.0757 e. The highest BCUT2D eigenvalue weighted by Crippen LogP contribution is 2.22. The molecule has 0 aliphatic carbocycles. The molecule has 4 heteroatoms. The minimum atomic E-state index is -0.0871. The Labute approximate surface area is 108 Å². The van der Waals surface area contributed by atoms with Crippen molar-refractivity contribution in [2.45, 2.75) is 39.0 Å². The largest absolute Gasteiger partial charge is 0.370 e. The minimum absolute atomic E-state index is 0.0871. The number of ether oxygens (including phenoxy) is 1. The molecule has 17 heavy (non-hydrogen) atoms. The molecule has 1 aromatic heterocycles. The van der Waals surface area contributed by atoms with Crippen molar-refractivity contribution in [2.24, 2.45) is 0 Å². The topological polar surface area (TPSA) is 25.4 Å². The summed E-state index contributed by atoms with van der Waals surface area (Å²) in [6, 6.07) is 3.73. The number of morpholine rings is 1. The highest BCUT2D eigenvalue weighted by molar-refractivity contribution is 6.30. The molecular formula is C13H19ClN2O. The van der Waals surface area contributed by atoms with Gasteiger partial charge in [0.05, 0.1) is 17.4 Å². The van der Waals surface area contributed by atoms with Crippen molar-refractivity contribution in [3.05, 3.63) is 29.0 Å². The third kappa shape index (κ3) is 3.66. The quantitative estimate of drug-likeness (QED) is 0.812. The predicted octanol–water partition coefficient (Wildman–Crippen LogP) is 2.73. The Morgan fingerprint density at radius 1 is 1.59 bits per heavy atom. The van der Waals surface area contributed by atoms with E-state index >= 15 is 0 Å². The summed E-state index contributed by atoms with van der Waals surface area (Å²) in [4.78, 5) is 6.71. The lowest BCUT2D eigenvalue weighted by molar-refractivity contribution is -0.130. The molecule has 1 unspecified atom stereocenters. The molecule has 1 aliphatic rings. The second kappa shape index (κ2) is 4.92. The third-order valence-electron chi connectivity index (χ3n) is 2.80. The lowest BCUT2D eigenvalue weighted by Crippen LogP contribution is -2.51. The molecule has 1 saturated heterocycles. The van der Waals surface area contributed by atoms with Crippen LogP contribution >= 0.6 is 11.6 Å². The van der Waals surface area contributed by atoms with Crippen LogP contribution in [0, 0.1) is 0 Å². The molecule has 3 nitrogen and oxygen atoms in total. The van der Waals surface area contributed by atoms with Crippen LogP contribution in [0.4, 0.5) is 0 Å². The van der Waals surface area contributed by atoms with Gasteiger partial charge in [-0.15, -0.1) is 0 Å². The van der Waals surface area contributed by atoms with E-state index in [1.54, 1.807) is 12.3 Å². The maximum absolute atomic E-state index is 5.96. The normalized spacial score (nSPS) is 24.8. The molecule has 1 fully saturated rings. The van der Waals surface area contributed by atoms with Crippen molar-refractivity contribution in [3.63, 3.8) is 0 Å². The molecule has 1 aliphatic heterocycles. The van der Waals surface area contributed by atoms with Gasteiger partial charge in [0, 0.05) is 30.9 Å². The molecule has 0 radical (unpaired) electrons. The van der Waals surface area contributed by atoms with Crippen LogP contribution in [0.1, 0.15) is 26.5 Å². The zero-order chi connectivity index (χ0) is 12.5. The molecule has 2 heterocycles. The van der Waals surface area contributed by atoms with Crippen molar-refractivity contribution in [3.8, 4) is 0 Å². The maximum Gasteiger partial charge on any atom is 0.0757 e. The summed E-state index contributed by atoms with van der Waals surface area (Å²) in [6.45, 7) is 9.06. The summed E-state index contributed by atoms with van der Waals surface area (Å²) in [6.07, 6.45) is 2.02. The van der Waals surface area contributed by atoms with E-state index in [0.29, 0.717) is 0 Å². The average Bonchev–Trinajstić information content (AvgIpc) is 2.13. The van der Waals surface area contributed by atoms with Gasteiger partial charge in [-0.05, 0) is 32.9 Å². The van der Waals surface area contributed by atoms with Gasteiger partial charge in [0.15, 0.2) is 0 Å². The Morgan fingerprint density at radius 3 is 3.00 bits per heavy atom. The number of hydrogen-bond acceptors (Lipinski definition) is 3. The molecular weight excluding hydrogens is 236 g/mol. The Kier molecular flexibility index (Phi) is 3.71. The summed E-state index contributed by atoms with van der Waals surface area (Å²) in [5, 5.41) is 0.746. The second-order valence-corrected chi connectivity index (χ2v) is 5.76. The van der Waals surface area contributed by atoms with Crippen molar-refractivity contribution < 1.29 is 4.74 Å². The summed E-state index contributed by atoms with van der Waals surface area (Å²) >= 11 is 5.96. The lowest BCUT2D eigenvalue weighted by Gasteiger charge is -2.41. The van der Waals surface area contributed by atoms with Crippen LogP contribution in [0.3, 0.4) is 0 Å². The van der Waals surface area contributed by atoms with Gasteiger partial charge in [-0.3, -0.25) is 9.88 Å². The summed E-state index contributed by atoms with van der Waals surface area (Å²) < 4.78 is 5.88. The second-order valence-electron chi connectivity index (χ2n) is 5.32. The average molecular weight is 255 g/mol. The van der Waals surface area contributed by atoms with Crippen molar-refractivity contribution in [1.29, 1.82) is 0 Å². The van der Waals surface area contributed by atoms with Crippen LogP contribution in [-0.2, 0) is 11.3 Å². The number of halogens is 1. The SMILES string of the molecule is CC1CN(Cc2cc(Cl)ccn2)CC(C)(C)O1. The number of rotatable bonds is 2. The number of nitrogens with zero attached hydrogens (tertiary/aromatic N) is 2. The number of aromatic nitrogens is 1. The van der Waals surface area contributed by atoms with Gasteiger partial charge in [0.2, 0.25) is 0 Å². The fourth-order valence-corrected chi connectivity index (χ4v) is 2.65. The van der Waals surface area contributed by atoms with Crippen molar-refractivity contribution >= 4 is 11.6 Å². The molecule has 0 bridgehead atoms. The van der Waals surface area contributed by atoms with Gasteiger partial charge in [-0.25, -0.2) is 0 Å². The fraction of sp³-hybridized carbons (Fsp3) is 0.615. The molecule has 1 aromatic rings. The monoisotopic (exact) mass is 254 g/mol. The first-order valence-electron chi connectivity index (χ1n) is 5.95.